The molecular formula is C12H17N3O3. The molecule has 0 saturated carbocycles. The smallest absolute Gasteiger partial charge is 0.404 e. The first-order valence-corrected chi connectivity index (χ1v) is 5.57. The Morgan fingerprint density at radius 3 is 2.50 bits per heavy atom. The molecule has 0 aliphatic carbocycles. The van der Waals surface area contributed by atoms with E-state index in [9.17, 15) is 9.59 Å². The van der Waals surface area contributed by atoms with Gasteiger partial charge in [0.05, 0.1) is 0 Å². The summed E-state index contributed by atoms with van der Waals surface area (Å²) in [6, 6.07) is 7.48. The van der Waals surface area contributed by atoms with Gasteiger partial charge < -0.3 is 21.1 Å². The number of carbonyl (C=O) groups excluding carboxylic acids is 2. The molecule has 0 radical (unpaired) electrons. The molecule has 6 nitrogen and oxygen atoms in total. The van der Waals surface area contributed by atoms with Crippen LogP contribution in [0, 0.1) is 0 Å². The van der Waals surface area contributed by atoms with Gasteiger partial charge in [0.1, 0.15) is 6.61 Å². The van der Waals surface area contributed by atoms with Crippen LogP contribution < -0.4 is 16.4 Å². The van der Waals surface area contributed by atoms with E-state index in [2.05, 4.69) is 15.4 Å². The first-order chi connectivity index (χ1) is 8.58. The van der Waals surface area contributed by atoms with E-state index in [1.807, 2.05) is 24.3 Å². The summed E-state index contributed by atoms with van der Waals surface area (Å²) in [4.78, 5) is 21.1. The molecule has 0 unspecified atom stereocenters. The minimum atomic E-state index is -0.767. The molecule has 0 saturated heterocycles. The third kappa shape index (κ3) is 5.86. The van der Waals surface area contributed by atoms with Crippen molar-refractivity contribution in [3.05, 3.63) is 29.8 Å². The molecule has 0 aliphatic heterocycles. The van der Waals surface area contributed by atoms with Crippen LogP contribution >= 0.6 is 0 Å². The van der Waals surface area contributed by atoms with Gasteiger partial charge in [-0.15, -0.1) is 0 Å². The van der Waals surface area contributed by atoms with Crippen molar-refractivity contribution >= 4 is 17.7 Å². The topological polar surface area (TPSA) is 93.4 Å². The lowest BCUT2D eigenvalue weighted by molar-refractivity contribution is -0.114. The van der Waals surface area contributed by atoms with Crippen molar-refractivity contribution in [1.29, 1.82) is 0 Å². The monoisotopic (exact) mass is 251 g/mol. The molecule has 1 rings (SSSR count). The summed E-state index contributed by atoms with van der Waals surface area (Å²) in [5, 5.41) is 5.79. The van der Waals surface area contributed by atoms with E-state index >= 15 is 0 Å². The van der Waals surface area contributed by atoms with Gasteiger partial charge in [-0.2, -0.15) is 0 Å². The van der Waals surface area contributed by atoms with E-state index in [1.54, 1.807) is 0 Å². The van der Waals surface area contributed by atoms with Crippen molar-refractivity contribution in [3.63, 3.8) is 0 Å². The molecule has 18 heavy (non-hydrogen) atoms. The van der Waals surface area contributed by atoms with Crippen molar-refractivity contribution < 1.29 is 14.3 Å². The standard InChI is InChI=1S/C12H17N3O3/c1-9(16)15-11-4-2-10(3-5-11)8-14-6-7-18-12(13)17/h2-5,14H,6-8H2,1H3,(H2,13,17)(H,15,16). The first kappa shape index (κ1) is 14.0. The van der Waals surface area contributed by atoms with Gasteiger partial charge in [-0.1, -0.05) is 12.1 Å². The van der Waals surface area contributed by atoms with Crippen molar-refractivity contribution in [2.45, 2.75) is 13.5 Å². The Kier molecular flexibility index (Phi) is 5.66. The molecular weight excluding hydrogens is 234 g/mol. The Morgan fingerprint density at radius 1 is 1.28 bits per heavy atom. The Labute approximate surface area is 105 Å². The van der Waals surface area contributed by atoms with Gasteiger partial charge in [0, 0.05) is 25.7 Å². The SMILES string of the molecule is CC(=O)Nc1ccc(CNCCOC(N)=O)cc1. The summed E-state index contributed by atoms with van der Waals surface area (Å²) in [5.41, 5.74) is 6.66. The lowest BCUT2D eigenvalue weighted by atomic mass is 10.2. The van der Waals surface area contributed by atoms with Crippen LogP contribution in [0.4, 0.5) is 10.5 Å². The van der Waals surface area contributed by atoms with Crippen LogP contribution in [-0.4, -0.2) is 25.2 Å². The van der Waals surface area contributed by atoms with Crippen LogP contribution in [0.15, 0.2) is 24.3 Å². The van der Waals surface area contributed by atoms with Crippen molar-refractivity contribution in [1.82, 2.24) is 5.32 Å². The molecule has 0 aliphatic rings. The fourth-order valence-corrected chi connectivity index (χ4v) is 1.37. The van der Waals surface area contributed by atoms with Crippen LogP contribution in [0.5, 0.6) is 0 Å². The van der Waals surface area contributed by atoms with Crippen LogP contribution in [-0.2, 0) is 16.1 Å². The summed E-state index contributed by atoms with van der Waals surface area (Å²) >= 11 is 0. The number of hydrogen-bond donors (Lipinski definition) is 3. The second-order valence-electron chi connectivity index (χ2n) is 3.72. The number of hydrogen-bond acceptors (Lipinski definition) is 4. The number of ether oxygens (including phenoxy) is 1. The number of benzene rings is 1. The average molecular weight is 251 g/mol. The Bertz CT molecular complexity index is 404. The minimum absolute atomic E-state index is 0.0931. The highest BCUT2D eigenvalue weighted by molar-refractivity contribution is 5.88. The van der Waals surface area contributed by atoms with Crippen molar-refractivity contribution in [2.24, 2.45) is 5.73 Å². The number of anilines is 1. The summed E-state index contributed by atoms with van der Waals surface area (Å²) < 4.78 is 4.57. The predicted molar refractivity (Wildman–Crippen MR) is 68.0 cm³/mol. The van der Waals surface area contributed by atoms with E-state index in [4.69, 9.17) is 5.73 Å². The average Bonchev–Trinajstić information content (AvgIpc) is 2.30. The lowest BCUT2D eigenvalue weighted by Crippen LogP contribution is -2.23. The highest BCUT2D eigenvalue weighted by Crippen LogP contribution is 2.09. The van der Waals surface area contributed by atoms with Crippen molar-refractivity contribution in [2.75, 3.05) is 18.5 Å². The van der Waals surface area contributed by atoms with Crippen LogP contribution in [0.25, 0.3) is 0 Å². The molecule has 6 heteroatoms. The minimum Gasteiger partial charge on any atom is -0.448 e. The number of primary amides is 1. The Morgan fingerprint density at radius 2 is 1.94 bits per heavy atom. The summed E-state index contributed by atoms with van der Waals surface area (Å²) in [6.07, 6.45) is -0.767. The normalized spacial score (nSPS) is 9.83. The largest absolute Gasteiger partial charge is 0.448 e. The van der Waals surface area contributed by atoms with Gasteiger partial charge in [-0.3, -0.25) is 4.79 Å². The summed E-state index contributed by atoms with van der Waals surface area (Å²) in [6.45, 7) is 2.91. The fourth-order valence-electron chi connectivity index (χ4n) is 1.37. The van der Waals surface area contributed by atoms with E-state index in [1.165, 1.54) is 6.92 Å². The van der Waals surface area contributed by atoms with Gasteiger partial charge in [0.15, 0.2) is 0 Å². The molecule has 98 valence electrons. The molecule has 2 amide bonds. The highest BCUT2D eigenvalue weighted by atomic mass is 16.5. The van der Waals surface area contributed by atoms with E-state index in [0.29, 0.717) is 13.1 Å². The zero-order chi connectivity index (χ0) is 13.4. The Hall–Kier alpha value is -2.08. The maximum absolute atomic E-state index is 10.8. The number of carbonyl (C=O) groups is 2. The quantitative estimate of drug-likeness (QED) is 0.653. The highest BCUT2D eigenvalue weighted by Gasteiger charge is 1.97. The third-order valence-electron chi connectivity index (χ3n) is 2.13. The number of rotatable bonds is 6. The summed E-state index contributed by atoms with van der Waals surface area (Å²) in [7, 11) is 0. The van der Waals surface area contributed by atoms with Crippen molar-refractivity contribution in [3.8, 4) is 0 Å². The number of nitrogens with two attached hydrogens (primary N) is 1. The van der Waals surface area contributed by atoms with E-state index in [-0.39, 0.29) is 12.5 Å². The fraction of sp³-hybridized carbons (Fsp3) is 0.333. The zero-order valence-electron chi connectivity index (χ0n) is 10.2. The van der Waals surface area contributed by atoms with E-state index in [0.717, 1.165) is 11.3 Å². The second-order valence-corrected chi connectivity index (χ2v) is 3.72. The molecule has 1 aromatic carbocycles. The first-order valence-electron chi connectivity index (χ1n) is 5.57. The van der Waals surface area contributed by atoms with Crippen LogP contribution in [0.1, 0.15) is 12.5 Å². The van der Waals surface area contributed by atoms with Gasteiger partial charge >= 0.3 is 6.09 Å². The molecule has 0 heterocycles. The molecule has 0 atom stereocenters. The summed E-state index contributed by atoms with van der Waals surface area (Å²) in [5.74, 6) is -0.0931. The van der Waals surface area contributed by atoms with Gasteiger partial charge in [-0.05, 0) is 17.7 Å². The molecule has 4 N–H and O–H groups in total. The third-order valence-corrected chi connectivity index (χ3v) is 2.13. The lowest BCUT2D eigenvalue weighted by Gasteiger charge is -2.06. The van der Waals surface area contributed by atoms with Crippen LogP contribution in [0.3, 0.4) is 0 Å². The van der Waals surface area contributed by atoms with Gasteiger partial charge in [-0.25, -0.2) is 4.79 Å². The number of nitrogens with one attached hydrogen (secondary N) is 2. The predicted octanol–water partition coefficient (Wildman–Crippen LogP) is 0.830. The van der Waals surface area contributed by atoms with Gasteiger partial charge in [0.25, 0.3) is 0 Å². The Balaban J connectivity index is 2.26. The second kappa shape index (κ2) is 7.29. The molecule has 1 aromatic rings. The molecule has 0 bridgehead atoms. The van der Waals surface area contributed by atoms with E-state index < -0.39 is 6.09 Å². The maximum Gasteiger partial charge on any atom is 0.404 e. The van der Waals surface area contributed by atoms with Gasteiger partial charge in [0.2, 0.25) is 5.91 Å². The zero-order valence-corrected chi connectivity index (χ0v) is 10.2. The molecule has 0 aromatic heterocycles. The maximum atomic E-state index is 10.8. The molecule has 0 spiro atoms. The molecule has 0 fully saturated rings. The van der Waals surface area contributed by atoms with Crippen LogP contribution in [0.2, 0.25) is 0 Å². The number of amides is 2.